The number of carbonyl (C=O) groups is 1. The molecule has 1 amide bonds. The van der Waals surface area contributed by atoms with E-state index in [2.05, 4.69) is 11.2 Å². The summed E-state index contributed by atoms with van der Waals surface area (Å²) in [6.45, 7) is 0.228. The van der Waals surface area contributed by atoms with Gasteiger partial charge < -0.3 is 5.32 Å². The molecule has 0 radical (unpaired) electrons. The van der Waals surface area contributed by atoms with Crippen LogP contribution in [0.25, 0.3) is 0 Å². The molecule has 5 nitrogen and oxygen atoms in total. The molecule has 1 aromatic carbocycles. The highest BCUT2D eigenvalue weighted by Gasteiger charge is 2.15. The van der Waals surface area contributed by atoms with Gasteiger partial charge in [-0.25, -0.2) is 4.39 Å². The highest BCUT2D eigenvalue weighted by molar-refractivity contribution is 5.94. The lowest BCUT2D eigenvalue weighted by molar-refractivity contribution is -0.385. The lowest BCUT2D eigenvalue weighted by Crippen LogP contribution is -2.25. The van der Waals surface area contributed by atoms with Gasteiger partial charge in [-0.2, -0.15) is 0 Å². The SMILES string of the molecule is C#CCCNC(=O)c1ccc([N+](=O)[O-])cc1F. The number of nitrogens with one attached hydrogen (secondary N) is 1. The van der Waals surface area contributed by atoms with E-state index in [1.54, 1.807) is 0 Å². The van der Waals surface area contributed by atoms with Crippen LogP contribution in [0.15, 0.2) is 18.2 Å². The van der Waals surface area contributed by atoms with Gasteiger partial charge in [0.15, 0.2) is 0 Å². The Bertz CT molecular complexity index is 494. The van der Waals surface area contributed by atoms with Gasteiger partial charge in [-0.15, -0.1) is 12.3 Å². The first-order valence-electron chi connectivity index (χ1n) is 4.72. The summed E-state index contributed by atoms with van der Waals surface area (Å²) in [5, 5.41) is 12.8. The molecule has 0 aliphatic rings. The Labute approximate surface area is 96.8 Å². The second kappa shape index (κ2) is 5.61. The summed E-state index contributed by atoms with van der Waals surface area (Å²) in [6, 6.07) is 2.84. The number of non-ortho nitro benzene ring substituents is 1. The largest absolute Gasteiger partial charge is 0.351 e. The van der Waals surface area contributed by atoms with Crippen LogP contribution in [0.2, 0.25) is 0 Å². The predicted molar refractivity (Wildman–Crippen MR) is 58.8 cm³/mol. The Morgan fingerprint density at radius 1 is 1.59 bits per heavy atom. The molecule has 0 saturated carbocycles. The maximum atomic E-state index is 13.4. The summed E-state index contributed by atoms with van der Waals surface area (Å²) in [5.41, 5.74) is -0.643. The number of nitro benzene ring substituents is 1. The molecule has 1 N–H and O–H groups in total. The van der Waals surface area contributed by atoms with Crippen LogP contribution in [0.3, 0.4) is 0 Å². The minimum absolute atomic E-state index is 0.228. The Hall–Kier alpha value is -2.42. The lowest BCUT2D eigenvalue weighted by atomic mass is 10.2. The van der Waals surface area contributed by atoms with Crippen LogP contribution >= 0.6 is 0 Å². The van der Waals surface area contributed by atoms with Gasteiger partial charge in [0.05, 0.1) is 16.6 Å². The smallest absolute Gasteiger partial charge is 0.272 e. The molecule has 0 spiro atoms. The molecular formula is C11H9FN2O3. The summed E-state index contributed by atoms with van der Waals surface area (Å²) in [7, 11) is 0. The first kappa shape index (κ1) is 12.6. The van der Waals surface area contributed by atoms with E-state index in [4.69, 9.17) is 6.42 Å². The molecule has 0 bridgehead atoms. The van der Waals surface area contributed by atoms with E-state index in [0.717, 1.165) is 12.1 Å². The molecule has 0 aromatic heterocycles. The van der Waals surface area contributed by atoms with E-state index in [9.17, 15) is 19.3 Å². The molecule has 0 unspecified atom stereocenters. The van der Waals surface area contributed by atoms with Crippen LogP contribution in [0.4, 0.5) is 10.1 Å². The van der Waals surface area contributed by atoms with E-state index in [0.29, 0.717) is 12.5 Å². The normalized spacial score (nSPS) is 9.41. The summed E-state index contributed by atoms with van der Waals surface area (Å²) >= 11 is 0. The van der Waals surface area contributed by atoms with Crippen molar-refractivity contribution < 1.29 is 14.1 Å². The summed E-state index contributed by atoms with van der Waals surface area (Å²) < 4.78 is 13.4. The fraction of sp³-hybridized carbons (Fsp3) is 0.182. The van der Waals surface area contributed by atoms with E-state index in [-0.39, 0.29) is 12.1 Å². The van der Waals surface area contributed by atoms with Crippen LogP contribution < -0.4 is 5.32 Å². The van der Waals surface area contributed by atoms with Crippen LogP contribution in [0, 0.1) is 28.3 Å². The number of carbonyl (C=O) groups excluding carboxylic acids is 1. The van der Waals surface area contributed by atoms with E-state index in [1.165, 1.54) is 0 Å². The average molecular weight is 236 g/mol. The first-order valence-corrected chi connectivity index (χ1v) is 4.72. The second-order valence-corrected chi connectivity index (χ2v) is 3.13. The number of rotatable bonds is 4. The fourth-order valence-electron chi connectivity index (χ4n) is 1.15. The predicted octanol–water partition coefficient (Wildman–Crippen LogP) is 1.49. The quantitative estimate of drug-likeness (QED) is 0.372. The zero-order valence-electron chi connectivity index (χ0n) is 8.77. The van der Waals surface area contributed by atoms with Crippen molar-refractivity contribution in [2.75, 3.05) is 6.54 Å². The molecule has 0 heterocycles. The molecule has 88 valence electrons. The zero-order chi connectivity index (χ0) is 12.8. The molecule has 0 aliphatic heterocycles. The van der Waals surface area contributed by atoms with Crippen molar-refractivity contribution in [2.24, 2.45) is 0 Å². The third kappa shape index (κ3) is 3.28. The Morgan fingerprint density at radius 2 is 2.29 bits per heavy atom. The molecule has 0 aliphatic carbocycles. The van der Waals surface area contributed by atoms with Crippen LogP contribution in [0.1, 0.15) is 16.8 Å². The number of amides is 1. The molecule has 1 aromatic rings. The molecular weight excluding hydrogens is 227 g/mol. The minimum Gasteiger partial charge on any atom is -0.351 e. The third-order valence-electron chi connectivity index (χ3n) is 1.96. The van der Waals surface area contributed by atoms with Crippen molar-refractivity contribution in [1.29, 1.82) is 0 Å². The molecule has 6 heteroatoms. The van der Waals surface area contributed by atoms with E-state index in [1.807, 2.05) is 0 Å². The fourth-order valence-corrected chi connectivity index (χ4v) is 1.15. The summed E-state index contributed by atoms with van der Waals surface area (Å²) in [5.74, 6) is 0.737. The highest BCUT2D eigenvalue weighted by atomic mass is 19.1. The van der Waals surface area contributed by atoms with Crippen molar-refractivity contribution in [3.63, 3.8) is 0 Å². The Kier molecular flexibility index (Phi) is 4.17. The van der Waals surface area contributed by atoms with Gasteiger partial charge in [-0.3, -0.25) is 14.9 Å². The monoisotopic (exact) mass is 236 g/mol. The lowest BCUT2D eigenvalue weighted by Gasteiger charge is -2.03. The maximum absolute atomic E-state index is 13.4. The number of nitrogens with zero attached hydrogens (tertiary/aromatic N) is 1. The number of benzene rings is 1. The molecule has 0 atom stereocenters. The van der Waals surface area contributed by atoms with Gasteiger partial charge in [0.1, 0.15) is 5.82 Å². The Balaban J connectivity index is 2.82. The zero-order valence-corrected chi connectivity index (χ0v) is 8.77. The van der Waals surface area contributed by atoms with Crippen LogP contribution in [-0.4, -0.2) is 17.4 Å². The average Bonchev–Trinajstić information content (AvgIpc) is 2.28. The third-order valence-corrected chi connectivity index (χ3v) is 1.96. The number of hydrogen-bond donors (Lipinski definition) is 1. The molecule has 0 fully saturated rings. The van der Waals surface area contributed by atoms with Gasteiger partial charge in [-0.05, 0) is 6.07 Å². The van der Waals surface area contributed by atoms with Crippen LogP contribution in [0.5, 0.6) is 0 Å². The number of nitro groups is 1. The topological polar surface area (TPSA) is 72.2 Å². The standard InChI is InChI=1S/C11H9FN2O3/c1-2-3-6-13-11(15)9-5-4-8(14(16)17)7-10(9)12/h1,4-5,7H,3,6H2,(H,13,15). The van der Waals surface area contributed by atoms with Gasteiger partial charge in [-0.1, -0.05) is 0 Å². The van der Waals surface area contributed by atoms with Gasteiger partial charge in [0.25, 0.3) is 11.6 Å². The maximum Gasteiger partial charge on any atom is 0.272 e. The summed E-state index contributed by atoms with van der Waals surface area (Å²) in [4.78, 5) is 21.1. The molecule has 0 saturated heterocycles. The number of terminal acetylenes is 1. The number of hydrogen-bond acceptors (Lipinski definition) is 3. The Morgan fingerprint density at radius 3 is 2.82 bits per heavy atom. The van der Waals surface area contributed by atoms with Crippen molar-refractivity contribution in [3.8, 4) is 12.3 Å². The molecule has 1 rings (SSSR count). The minimum atomic E-state index is -0.933. The second-order valence-electron chi connectivity index (χ2n) is 3.13. The van der Waals surface area contributed by atoms with Gasteiger partial charge >= 0.3 is 0 Å². The van der Waals surface area contributed by atoms with Crippen molar-refractivity contribution >= 4 is 11.6 Å². The van der Waals surface area contributed by atoms with Crippen LogP contribution in [-0.2, 0) is 0 Å². The van der Waals surface area contributed by atoms with E-state index >= 15 is 0 Å². The highest BCUT2D eigenvalue weighted by Crippen LogP contribution is 2.16. The van der Waals surface area contributed by atoms with Crippen molar-refractivity contribution in [1.82, 2.24) is 5.32 Å². The summed E-state index contributed by atoms with van der Waals surface area (Å²) in [6.07, 6.45) is 5.32. The van der Waals surface area contributed by atoms with Gasteiger partial charge in [0.2, 0.25) is 0 Å². The van der Waals surface area contributed by atoms with E-state index < -0.39 is 22.3 Å². The van der Waals surface area contributed by atoms with Crippen molar-refractivity contribution in [2.45, 2.75) is 6.42 Å². The first-order chi connectivity index (χ1) is 8.06. The van der Waals surface area contributed by atoms with Crippen molar-refractivity contribution in [3.05, 3.63) is 39.7 Å². The van der Waals surface area contributed by atoms with Gasteiger partial charge in [0, 0.05) is 19.0 Å². The molecule has 17 heavy (non-hydrogen) atoms. The number of halogens is 1.